The van der Waals surface area contributed by atoms with Gasteiger partial charge in [0, 0.05) is 17.5 Å². The predicted octanol–water partition coefficient (Wildman–Crippen LogP) is 4.20. The van der Waals surface area contributed by atoms with Crippen LogP contribution in [-0.4, -0.2) is 59.7 Å². The number of tetrazole rings is 1. The van der Waals surface area contributed by atoms with Gasteiger partial charge in [-0.15, -0.1) is 5.10 Å². The fourth-order valence-electron chi connectivity index (χ4n) is 4.60. The van der Waals surface area contributed by atoms with Crippen LogP contribution < -0.4 is 5.56 Å². The number of H-pyrrole nitrogens is 1. The Morgan fingerprint density at radius 1 is 1.08 bits per heavy atom. The van der Waals surface area contributed by atoms with E-state index in [4.69, 9.17) is 9.40 Å². The van der Waals surface area contributed by atoms with Gasteiger partial charge < -0.3 is 4.42 Å². The molecule has 10 heteroatoms. The molecule has 0 spiro atoms. The van der Waals surface area contributed by atoms with Crippen molar-refractivity contribution in [3.8, 4) is 28.6 Å². The molecule has 192 valence electrons. The van der Waals surface area contributed by atoms with Crippen molar-refractivity contribution in [2.24, 2.45) is 0 Å². The fraction of sp³-hybridized carbons (Fsp3) is 0.241. The molecule has 39 heavy (non-hydrogen) atoms. The summed E-state index contributed by atoms with van der Waals surface area (Å²) in [6, 6.07) is 19.8. The molecule has 0 saturated carbocycles. The van der Waals surface area contributed by atoms with Crippen LogP contribution in [0.25, 0.3) is 22.5 Å². The van der Waals surface area contributed by atoms with Gasteiger partial charge in [-0.2, -0.15) is 5.26 Å². The first-order valence-corrected chi connectivity index (χ1v) is 12.6. The molecule has 5 aromatic rings. The molecular formula is C29H28N7NaO2. The van der Waals surface area contributed by atoms with Gasteiger partial charge in [0.15, 0.2) is 5.82 Å². The molecule has 2 aromatic carbocycles. The van der Waals surface area contributed by atoms with E-state index in [9.17, 15) is 10.1 Å². The second-order valence-electron chi connectivity index (χ2n) is 9.12. The molecule has 3 heterocycles. The van der Waals surface area contributed by atoms with E-state index in [1.165, 1.54) is 6.26 Å². The van der Waals surface area contributed by atoms with Gasteiger partial charge in [0.2, 0.25) is 0 Å². The van der Waals surface area contributed by atoms with Crippen molar-refractivity contribution >= 4 is 29.6 Å². The van der Waals surface area contributed by atoms with Crippen LogP contribution in [0.5, 0.6) is 0 Å². The first-order valence-electron chi connectivity index (χ1n) is 12.6. The molecular weight excluding hydrogens is 501 g/mol. The van der Waals surface area contributed by atoms with Crippen molar-refractivity contribution in [2.45, 2.75) is 46.1 Å². The van der Waals surface area contributed by atoms with Crippen molar-refractivity contribution in [1.82, 2.24) is 30.2 Å². The summed E-state index contributed by atoms with van der Waals surface area (Å²) >= 11 is 0. The molecule has 0 radical (unpaired) electrons. The molecule has 9 nitrogen and oxygen atoms in total. The summed E-state index contributed by atoms with van der Waals surface area (Å²) < 4.78 is 7.09. The summed E-state index contributed by atoms with van der Waals surface area (Å²) in [4.78, 5) is 18.6. The minimum absolute atomic E-state index is 0. The van der Waals surface area contributed by atoms with Gasteiger partial charge in [0.25, 0.3) is 5.56 Å². The first kappa shape index (κ1) is 28.2. The number of nitrogens with zero attached hydrogens (tertiary/aromatic N) is 6. The zero-order valence-electron chi connectivity index (χ0n) is 21.3. The number of rotatable bonds is 9. The number of aromatic amines is 1. The Bertz CT molecular complexity index is 1650. The van der Waals surface area contributed by atoms with Crippen molar-refractivity contribution in [2.75, 3.05) is 0 Å². The Labute approximate surface area is 248 Å². The molecule has 0 fully saturated rings. The SMILES string of the molecule is CCCCc1nc(C)n(Cc2occc2C#N)c(=O)c1Cc1ccc(-c2ccccc2-c2nnn[nH]2)cc1.[NaH]. The zero-order chi connectivity index (χ0) is 26.5. The second-order valence-corrected chi connectivity index (χ2v) is 9.12. The number of nitrogens with one attached hydrogen (secondary N) is 1. The maximum absolute atomic E-state index is 13.7. The van der Waals surface area contributed by atoms with Gasteiger partial charge in [-0.1, -0.05) is 61.9 Å². The molecule has 0 amide bonds. The summed E-state index contributed by atoms with van der Waals surface area (Å²) in [6.45, 7) is 4.12. The van der Waals surface area contributed by atoms with Gasteiger partial charge in [-0.05, 0) is 52.9 Å². The Kier molecular flexibility index (Phi) is 9.25. The van der Waals surface area contributed by atoms with Crippen LogP contribution >= 0.6 is 0 Å². The number of unbranched alkanes of at least 4 members (excludes halogenated alkanes) is 1. The van der Waals surface area contributed by atoms with Crippen LogP contribution in [0, 0.1) is 18.3 Å². The van der Waals surface area contributed by atoms with E-state index in [0.717, 1.165) is 47.2 Å². The van der Waals surface area contributed by atoms with Crippen molar-refractivity contribution < 1.29 is 4.42 Å². The zero-order valence-corrected chi connectivity index (χ0v) is 21.3. The Morgan fingerprint density at radius 2 is 1.85 bits per heavy atom. The molecule has 0 saturated heterocycles. The first-order chi connectivity index (χ1) is 18.6. The van der Waals surface area contributed by atoms with Crippen LogP contribution in [0.1, 0.15) is 53.7 Å². The van der Waals surface area contributed by atoms with Crippen LogP contribution in [0.3, 0.4) is 0 Å². The van der Waals surface area contributed by atoms with Crippen molar-refractivity contribution in [3.05, 3.63) is 105 Å². The van der Waals surface area contributed by atoms with Gasteiger partial charge in [-0.25, -0.2) is 10.1 Å². The van der Waals surface area contributed by atoms with E-state index >= 15 is 0 Å². The molecule has 0 unspecified atom stereocenters. The summed E-state index contributed by atoms with van der Waals surface area (Å²) in [5.74, 6) is 1.67. The predicted molar refractivity (Wildman–Crippen MR) is 149 cm³/mol. The molecule has 0 atom stereocenters. The molecule has 1 N–H and O–H groups in total. The van der Waals surface area contributed by atoms with Crippen LogP contribution in [-0.2, 0) is 19.4 Å². The Morgan fingerprint density at radius 3 is 2.54 bits per heavy atom. The Hall–Kier alpha value is -3.84. The van der Waals surface area contributed by atoms with Crippen LogP contribution in [0.4, 0.5) is 0 Å². The summed E-state index contributed by atoms with van der Waals surface area (Å²) in [5.41, 5.74) is 5.78. The Balaban J connectivity index is 0.00000353. The maximum atomic E-state index is 13.7. The quantitative estimate of drug-likeness (QED) is 0.284. The standard InChI is InChI=1S/C29H27N7O2.Na.H/c1-3-4-9-26-25(29(37)36(19(2)31-26)18-27-22(17-30)14-15-38-27)16-20-10-12-21(13-11-20)23-7-5-6-8-24(23)28-32-34-35-33-28;;/h5-8,10-15H,3-4,9,16,18H2,1-2H3,(H,32,33,34,35);;. The van der Waals surface area contributed by atoms with E-state index in [1.54, 1.807) is 10.6 Å². The fourth-order valence-corrected chi connectivity index (χ4v) is 4.60. The van der Waals surface area contributed by atoms with Crippen LogP contribution in [0.15, 0.2) is 70.1 Å². The average molecular weight is 530 g/mol. The minimum atomic E-state index is -0.101. The third-order valence-corrected chi connectivity index (χ3v) is 6.65. The molecule has 5 rings (SSSR count). The topological polar surface area (TPSA) is 126 Å². The van der Waals surface area contributed by atoms with E-state index in [-0.39, 0.29) is 41.7 Å². The number of hydrogen-bond donors (Lipinski definition) is 1. The van der Waals surface area contributed by atoms with E-state index in [0.29, 0.717) is 35.0 Å². The normalized spacial score (nSPS) is 10.7. The number of furan rings is 1. The average Bonchev–Trinajstić information content (AvgIpc) is 3.64. The van der Waals surface area contributed by atoms with Crippen molar-refractivity contribution in [1.29, 1.82) is 5.26 Å². The van der Waals surface area contributed by atoms with E-state index in [1.807, 2.05) is 55.5 Å². The number of nitriles is 1. The third kappa shape index (κ3) is 6.09. The van der Waals surface area contributed by atoms with Gasteiger partial charge in [0.1, 0.15) is 17.7 Å². The van der Waals surface area contributed by atoms with Gasteiger partial charge >= 0.3 is 29.6 Å². The number of aryl methyl sites for hydroxylation is 2. The molecule has 0 aliphatic rings. The molecule has 0 aliphatic carbocycles. The van der Waals surface area contributed by atoms with E-state index < -0.39 is 0 Å². The monoisotopic (exact) mass is 529 g/mol. The third-order valence-electron chi connectivity index (χ3n) is 6.65. The van der Waals surface area contributed by atoms with Gasteiger partial charge in [-0.3, -0.25) is 9.36 Å². The summed E-state index contributed by atoms with van der Waals surface area (Å²) in [6.07, 6.45) is 4.63. The van der Waals surface area contributed by atoms with E-state index in [2.05, 4.69) is 33.6 Å². The van der Waals surface area contributed by atoms with Crippen molar-refractivity contribution in [3.63, 3.8) is 0 Å². The van der Waals surface area contributed by atoms with Crippen LogP contribution in [0.2, 0.25) is 0 Å². The molecule has 0 aliphatic heterocycles. The number of aromatic nitrogens is 6. The number of hydrogen-bond acceptors (Lipinski definition) is 7. The number of benzene rings is 2. The van der Waals surface area contributed by atoms with Gasteiger partial charge in [0.05, 0.1) is 24.1 Å². The summed E-state index contributed by atoms with van der Waals surface area (Å²) in [5, 5.41) is 23.6. The molecule has 0 bridgehead atoms. The molecule has 3 aromatic heterocycles. The second kappa shape index (κ2) is 12.8. The summed E-state index contributed by atoms with van der Waals surface area (Å²) in [7, 11) is 0.